The van der Waals surface area contributed by atoms with Gasteiger partial charge in [-0.2, -0.15) is 0 Å². The maximum absolute atomic E-state index is 13.1. The van der Waals surface area contributed by atoms with Crippen molar-refractivity contribution in [1.82, 2.24) is 24.4 Å². The van der Waals surface area contributed by atoms with Gasteiger partial charge in [-0.1, -0.05) is 6.92 Å². The quantitative estimate of drug-likeness (QED) is 0.593. The van der Waals surface area contributed by atoms with Crippen LogP contribution in [0.4, 0.5) is 10.5 Å². The first-order valence-electron chi connectivity index (χ1n) is 11.3. The first kappa shape index (κ1) is 21.4. The number of Topliss-reactive ketones (excluding diaryl/α,β-unsaturated/α-hetero) is 1. The van der Waals surface area contributed by atoms with E-state index in [9.17, 15) is 9.59 Å². The molecule has 2 saturated heterocycles. The predicted molar refractivity (Wildman–Crippen MR) is 123 cm³/mol. The Hall–Kier alpha value is -3.40. The second-order valence-corrected chi connectivity index (χ2v) is 8.51. The Morgan fingerprint density at radius 2 is 2.00 bits per heavy atom. The Balaban J connectivity index is 1.46. The summed E-state index contributed by atoms with van der Waals surface area (Å²) in [7, 11) is 1.93. The molecule has 0 bridgehead atoms. The number of pyridine rings is 1. The van der Waals surface area contributed by atoms with Gasteiger partial charge < -0.3 is 28.8 Å². The predicted octanol–water partition coefficient (Wildman–Crippen LogP) is 2.52. The fourth-order valence-electron chi connectivity index (χ4n) is 4.32. The number of aromatic amines is 1. The highest BCUT2D eigenvalue weighted by Gasteiger charge is 2.30. The molecule has 0 spiro atoms. The molecule has 5 heterocycles. The number of fused-ring (bicyclic) bond motifs is 1. The molecule has 0 aromatic carbocycles. The minimum absolute atomic E-state index is 0.0405. The van der Waals surface area contributed by atoms with E-state index in [1.54, 1.807) is 11.1 Å². The van der Waals surface area contributed by atoms with Crippen molar-refractivity contribution in [2.45, 2.75) is 26.4 Å². The molecule has 3 aromatic heterocycles. The van der Waals surface area contributed by atoms with E-state index in [0.717, 1.165) is 22.6 Å². The minimum atomic E-state index is -0.292. The van der Waals surface area contributed by atoms with Gasteiger partial charge in [0.1, 0.15) is 17.2 Å². The summed E-state index contributed by atoms with van der Waals surface area (Å²) in [4.78, 5) is 41.9. The molecule has 1 amide bonds. The third-order valence-corrected chi connectivity index (χ3v) is 6.39. The number of hydrogen-bond donors (Lipinski definition) is 1. The van der Waals surface area contributed by atoms with Crippen molar-refractivity contribution in [2.24, 2.45) is 7.05 Å². The van der Waals surface area contributed by atoms with Crippen molar-refractivity contribution < 1.29 is 19.1 Å². The highest BCUT2D eigenvalue weighted by Crippen LogP contribution is 2.36. The van der Waals surface area contributed by atoms with Gasteiger partial charge in [-0.3, -0.25) is 4.79 Å². The topological polar surface area (TPSA) is 106 Å². The molecule has 3 aromatic rings. The van der Waals surface area contributed by atoms with E-state index in [1.165, 1.54) is 0 Å². The first-order chi connectivity index (χ1) is 16.0. The van der Waals surface area contributed by atoms with Crippen molar-refractivity contribution in [1.29, 1.82) is 0 Å². The Kier molecular flexibility index (Phi) is 5.53. The Morgan fingerprint density at radius 3 is 2.61 bits per heavy atom. The summed E-state index contributed by atoms with van der Waals surface area (Å²) in [6.07, 6.45) is 3.62. The Labute approximate surface area is 191 Å². The lowest BCUT2D eigenvalue weighted by Crippen LogP contribution is -2.51. The minimum Gasteiger partial charge on any atom is -0.441 e. The highest BCUT2D eigenvalue weighted by atomic mass is 16.6. The van der Waals surface area contributed by atoms with Crippen LogP contribution in [0.5, 0.6) is 0 Å². The molecule has 2 aliphatic rings. The number of anilines is 1. The molecule has 0 unspecified atom stereocenters. The number of carbonyl (C=O) groups excluding carboxylic acids is 2. The van der Waals surface area contributed by atoms with Gasteiger partial charge in [-0.25, -0.2) is 14.8 Å². The van der Waals surface area contributed by atoms with Gasteiger partial charge in [0.25, 0.3) is 0 Å². The molecule has 33 heavy (non-hydrogen) atoms. The number of piperazine rings is 1. The average Bonchev–Trinajstić information content (AvgIpc) is 3.35. The normalized spacial score (nSPS) is 16.8. The van der Waals surface area contributed by atoms with Crippen LogP contribution in [0.15, 0.2) is 18.5 Å². The van der Waals surface area contributed by atoms with Crippen LogP contribution in [-0.2, 0) is 16.5 Å². The first-order valence-corrected chi connectivity index (χ1v) is 11.3. The Bertz CT molecular complexity index is 1180. The van der Waals surface area contributed by atoms with E-state index >= 15 is 0 Å². The fraction of sp³-hybridized carbons (Fsp3) is 0.478. The van der Waals surface area contributed by atoms with Gasteiger partial charge >= 0.3 is 6.09 Å². The number of rotatable bonds is 5. The van der Waals surface area contributed by atoms with E-state index in [4.69, 9.17) is 9.47 Å². The number of aryl methyl sites for hydroxylation is 2. The zero-order valence-electron chi connectivity index (χ0n) is 19.1. The molecule has 0 atom stereocenters. The van der Waals surface area contributed by atoms with Gasteiger partial charge in [-0.05, 0) is 13.0 Å². The van der Waals surface area contributed by atoms with E-state index < -0.39 is 0 Å². The molecular weight excluding hydrogens is 424 g/mol. The number of imidazole rings is 1. The number of aromatic nitrogens is 4. The standard InChI is InChI=1S/C23H28N6O4/c1-4-18(30)20-19-17(28-7-9-29(10-8-28)23(31)33-15-12-32-13-15)5-6-24-22(19)26-21(20)16-11-27(3)14(2)25-16/h5-6,11,15H,4,7-10,12-13H2,1-3H3,(H,24,26). The van der Waals surface area contributed by atoms with Gasteiger partial charge in [0.05, 0.1) is 35.5 Å². The monoisotopic (exact) mass is 452 g/mol. The second-order valence-electron chi connectivity index (χ2n) is 8.51. The van der Waals surface area contributed by atoms with Crippen molar-refractivity contribution in [3.8, 4) is 11.4 Å². The van der Waals surface area contributed by atoms with Gasteiger partial charge in [0.15, 0.2) is 11.9 Å². The lowest BCUT2D eigenvalue weighted by atomic mass is 10.0. The molecule has 174 valence electrons. The highest BCUT2D eigenvalue weighted by molar-refractivity contribution is 6.15. The van der Waals surface area contributed by atoms with Crippen molar-refractivity contribution in [3.63, 3.8) is 0 Å². The average molecular weight is 453 g/mol. The van der Waals surface area contributed by atoms with Crippen LogP contribution in [-0.4, -0.2) is 81.8 Å². The van der Waals surface area contributed by atoms with Crippen molar-refractivity contribution in [2.75, 3.05) is 44.3 Å². The number of carbonyl (C=O) groups is 2. The Morgan fingerprint density at radius 1 is 1.24 bits per heavy atom. The zero-order valence-corrected chi connectivity index (χ0v) is 19.1. The van der Waals surface area contributed by atoms with Crippen LogP contribution in [0.3, 0.4) is 0 Å². The molecule has 0 aliphatic carbocycles. The molecular formula is C23H28N6O4. The SMILES string of the molecule is CCC(=O)c1c(-c2cn(C)c(C)n2)[nH]c2nccc(N3CCN(C(=O)OC4COC4)CC3)c12. The summed E-state index contributed by atoms with van der Waals surface area (Å²) in [6, 6.07) is 1.94. The largest absolute Gasteiger partial charge is 0.441 e. The van der Waals surface area contributed by atoms with Crippen LogP contribution in [0.25, 0.3) is 22.4 Å². The number of ketones is 1. The molecule has 0 saturated carbocycles. The van der Waals surface area contributed by atoms with Gasteiger partial charge in [0.2, 0.25) is 0 Å². The lowest BCUT2D eigenvalue weighted by molar-refractivity contribution is -0.104. The maximum Gasteiger partial charge on any atom is 0.410 e. The molecule has 10 nitrogen and oxygen atoms in total. The summed E-state index contributed by atoms with van der Waals surface area (Å²) in [6.45, 7) is 7.10. The van der Waals surface area contributed by atoms with E-state index in [2.05, 4.69) is 19.9 Å². The summed E-state index contributed by atoms with van der Waals surface area (Å²) < 4.78 is 12.4. The molecule has 0 radical (unpaired) electrons. The van der Waals surface area contributed by atoms with E-state index in [-0.39, 0.29) is 18.0 Å². The van der Waals surface area contributed by atoms with Gasteiger partial charge in [-0.15, -0.1) is 0 Å². The van der Waals surface area contributed by atoms with Crippen molar-refractivity contribution >= 4 is 28.6 Å². The number of H-pyrrole nitrogens is 1. The molecule has 10 heteroatoms. The molecule has 2 aliphatic heterocycles. The van der Waals surface area contributed by atoms with E-state index in [0.29, 0.717) is 62.7 Å². The number of nitrogens with one attached hydrogen (secondary N) is 1. The number of hydrogen-bond acceptors (Lipinski definition) is 7. The van der Waals surface area contributed by atoms with Crippen LogP contribution >= 0.6 is 0 Å². The molecule has 2 fully saturated rings. The molecule has 5 rings (SSSR count). The third-order valence-electron chi connectivity index (χ3n) is 6.39. The molecule has 1 N–H and O–H groups in total. The lowest BCUT2D eigenvalue weighted by Gasteiger charge is -2.37. The van der Waals surface area contributed by atoms with Crippen LogP contribution in [0.1, 0.15) is 29.5 Å². The smallest absolute Gasteiger partial charge is 0.410 e. The summed E-state index contributed by atoms with van der Waals surface area (Å²) in [5.74, 6) is 0.905. The van der Waals surface area contributed by atoms with Gasteiger partial charge in [0, 0.05) is 52.0 Å². The van der Waals surface area contributed by atoms with Crippen molar-refractivity contribution in [3.05, 3.63) is 29.8 Å². The van der Waals surface area contributed by atoms with Crippen LogP contribution < -0.4 is 4.90 Å². The second kappa shape index (κ2) is 8.51. The zero-order chi connectivity index (χ0) is 23.1. The fourth-order valence-corrected chi connectivity index (χ4v) is 4.32. The number of nitrogens with zero attached hydrogens (tertiary/aromatic N) is 5. The number of ether oxygens (including phenoxy) is 2. The summed E-state index contributed by atoms with van der Waals surface area (Å²) >= 11 is 0. The summed E-state index contributed by atoms with van der Waals surface area (Å²) in [5, 5.41) is 0.810. The maximum atomic E-state index is 13.1. The summed E-state index contributed by atoms with van der Waals surface area (Å²) in [5.41, 5.74) is 3.65. The number of amides is 1. The van der Waals surface area contributed by atoms with E-state index in [1.807, 2.05) is 37.7 Å². The van der Waals surface area contributed by atoms with Crippen LogP contribution in [0, 0.1) is 6.92 Å². The third kappa shape index (κ3) is 3.84. The van der Waals surface area contributed by atoms with Crippen LogP contribution in [0.2, 0.25) is 0 Å².